The molecule has 0 aromatic heterocycles. The highest BCUT2D eigenvalue weighted by atomic mass is 16.6. The van der Waals surface area contributed by atoms with Crippen molar-refractivity contribution in [3.05, 3.63) is 0 Å². The number of carbonyl (C=O) groups is 2. The average molecular weight is 443 g/mol. The molecule has 0 heterocycles. The Hall–Kier alpha value is -1.30. The highest BCUT2D eigenvalue weighted by Crippen LogP contribution is 2.35. The van der Waals surface area contributed by atoms with E-state index in [1.54, 1.807) is 0 Å². The normalized spacial score (nSPS) is 15.2. The minimum atomic E-state index is -0.506. The SMILES string of the molecule is CCC(C(C)C(=O)NC(C)(C)CCOC(C)(C)CCNC(=O)OC(C)(C)C)C(C)(C)C. The van der Waals surface area contributed by atoms with Crippen LogP contribution in [-0.2, 0) is 14.3 Å². The van der Waals surface area contributed by atoms with E-state index in [0.29, 0.717) is 31.9 Å². The van der Waals surface area contributed by atoms with Crippen molar-refractivity contribution >= 4 is 12.0 Å². The first-order chi connectivity index (χ1) is 13.8. The van der Waals surface area contributed by atoms with Gasteiger partial charge in [-0.1, -0.05) is 41.0 Å². The lowest BCUT2D eigenvalue weighted by atomic mass is 9.72. The number of alkyl carbamates (subject to hydrolysis) is 1. The summed E-state index contributed by atoms with van der Waals surface area (Å²) in [7, 11) is 0. The highest BCUT2D eigenvalue weighted by molar-refractivity contribution is 5.79. The van der Waals surface area contributed by atoms with Crippen LogP contribution in [0.1, 0.15) is 102 Å². The third-order valence-electron chi connectivity index (χ3n) is 5.65. The molecule has 0 aliphatic carbocycles. The molecule has 0 aliphatic rings. The van der Waals surface area contributed by atoms with Crippen LogP contribution < -0.4 is 10.6 Å². The molecule has 0 aromatic rings. The Labute approximate surface area is 191 Å². The van der Waals surface area contributed by atoms with Gasteiger partial charge in [0.1, 0.15) is 5.60 Å². The van der Waals surface area contributed by atoms with Crippen LogP contribution in [0, 0.1) is 17.3 Å². The lowest BCUT2D eigenvalue weighted by molar-refractivity contribution is -0.129. The minimum absolute atomic E-state index is 0.0411. The van der Waals surface area contributed by atoms with E-state index in [1.165, 1.54) is 0 Å². The van der Waals surface area contributed by atoms with Gasteiger partial charge in [-0.3, -0.25) is 4.79 Å². The van der Waals surface area contributed by atoms with E-state index in [4.69, 9.17) is 9.47 Å². The number of amides is 2. The molecule has 2 unspecified atom stereocenters. The van der Waals surface area contributed by atoms with Crippen LogP contribution in [0.15, 0.2) is 0 Å². The van der Waals surface area contributed by atoms with E-state index in [1.807, 2.05) is 55.4 Å². The number of rotatable bonds is 11. The molecule has 0 radical (unpaired) electrons. The second-order valence-corrected chi connectivity index (χ2v) is 12.1. The van der Waals surface area contributed by atoms with E-state index in [-0.39, 0.29) is 28.4 Å². The number of nitrogens with one attached hydrogen (secondary N) is 2. The van der Waals surface area contributed by atoms with E-state index in [2.05, 4.69) is 38.3 Å². The third-order valence-corrected chi connectivity index (χ3v) is 5.65. The lowest BCUT2D eigenvalue weighted by Crippen LogP contribution is -2.49. The Bertz CT molecular complexity index is 571. The van der Waals surface area contributed by atoms with Gasteiger partial charge in [0, 0.05) is 24.6 Å². The molecule has 2 amide bonds. The fraction of sp³-hybridized carbons (Fsp3) is 0.920. The van der Waals surface area contributed by atoms with Crippen molar-refractivity contribution in [3.8, 4) is 0 Å². The minimum Gasteiger partial charge on any atom is -0.444 e. The van der Waals surface area contributed by atoms with Gasteiger partial charge < -0.3 is 20.1 Å². The maximum absolute atomic E-state index is 12.9. The van der Waals surface area contributed by atoms with Crippen molar-refractivity contribution in [2.75, 3.05) is 13.2 Å². The van der Waals surface area contributed by atoms with Crippen molar-refractivity contribution in [1.29, 1.82) is 0 Å². The molecule has 0 fully saturated rings. The molecule has 2 N–H and O–H groups in total. The third kappa shape index (κ3) is 13.0. The summed E-state index contributed by atoms with van der Waals surface area (Å²) < 4.78 is 11.3. The smallest absolute Gasteiger partial charge is 0.407 e. The van der Waals surface area contributed by atoms with E-state index in [0.717, 1.165) is 6.42 Å². The fourth-order valence-corrected chi connectivity index (χ4v) is 3.84. The average Bonchev–Trinajstić information content (AvgIpc) is 2.50. The molecule has 31 heavy (non-hydrogen) atoms. The molecule has 0 aromatic carbocycles. The maximum atomic E-state index is 12.9. The van der Waals surface area contributed by atoms with Gasteiger partial charge in [-0.2, -0.15) is 0 Å². The van der Waals surface area contributed by atoms with Gasteiger partial charge in [0.2, 0.25) is 5.91 Å². The van der Waals surface area contributed by atoms with Crippen molar-refractivity contribution in [2.24, 2.45) is 17.3 Å². The van der Waals surface area contributed by atoms with Gasteiger partial charge in [0.25, 0.3) is 0 Å². The van der Waals surface area contributed by atoms with Crippen molar-refractivity contribution < 1.29 is 19.1 Å². The molecular formula is C25H50N2O4. The summed E-state index contributed by atoms with van der Waals surface area (Å²) in [5, 5.41) is 5.99. The molecular weight excluding hydrogens is 392 g/mol. The van der Waals surface area contributed by atoms with Crippen LogP contribution >= 0.6 is 0 Å². The lowest BCUT2D eigenvalue weighted by Gasteiger charge is -2.36. The summed E-state index contributed by atoms with van der Waals surface area (Å²) in [6.45, 7) is 25.4. The molecule has 6 nitrogen and oxygen atoms in total. The first-order valence-corrected chi connectivity index (χ1v) is 11.7. The topological polar surface area (TPSA) is 76.7 Å². The van der Waals surface area contributed by atoms with Gasteiger partial charge >= 0.3 is 6.09 Å². The second kappa shape index (κ2) is 11.5. The number of ether oxygens (including phenoxy) is 2. The van der Waals surface area contributed by atoms with Crippen molar-refractivity contribution in [3.63, 3.8) is 0 Å². The van der Waals surface area contributed by atoms with Crippen LogP contribution in [0.2, 0.25) is 0 Å². The van der Waals surface area contributed by atoms with Crippen molar-refractivity contribution in [2.45, 2.75) is 119 Å². The fourth-order valence-electron chi connectivity index (χ4n) is 3.84. The summed E-state index contributed by atoms with van der Waals surface area (Å²) in [5.74, 6) is 0.393. The van der Waals surface area contributed by atoms with E-state index >= 15 is 0 Å². The first-order valence-electron chi connectivity index (χ1n) is 11.7. The molecule has 0 saturated carbocycles. The van der Waals surface area contributed by atoms with Gasteiger partial charge in [-0.25, -0.2) is 4.79 Å². The van der Waals surface area contributed by atoms with Gasteiger partial charge in [0.05, 0.1) is 5.60 Å². The molecule has 0 rings (SSSR count). The van der Waals surface area contributed by atoms with Crippen molar-refractivity contribution in [1.82, 2.24) is 10.6 Å². The predicted molar refractivity (Wildman–Crippen MR) is 128 cm³/mol. The van der Waals surface area contributed by atoms with Gasteiger partial charge in [-0.15, -0.1) is 0 Å². The molecule has 0 spiro atoms. The van der Waals surface area contributed by atoms with Crippen LogP contribution in [0.3, 0.4) is 0 Å². The monoisotopic (exact) mass is 442 g/mol. The zero-order valence-corrected chi connectivity index (χ0v) is 22.3. The Morgan fingerprint density at radius 1 is 0.903 bits per heavy atom. The number of hydrogen-bond acceptors (Lipinski definition) is 4. The summed E-state index contributed by atoms with van der Waals surface area (Å²) in [5.41, 5.74) is -1.15. The summed E-state index contributed by atoms with van der Waals surface area (Å²) in [4.78, 5) is 24.6. The number of hydrogen-bond donors (Lipinski definition) is 2. The molecule has 6 heteroatoms. The molecule has 2 atom stereocenters. The first kappa shape index (κ1) is 29.7. The standard InChI is InChI=1S/C25H50N2O4/c1-13-19(22(3,4)5)18(2)20(28)27-24(9,10)15-17-30-25(11,12)14-16-26-21(29)31-23(6,7)8/h18-19H,13-17H2,1-12H3,(H,26,29)(H,27,28). The maximum Gasteiger partial charge on any atom is 0.407 e. The van der Waals surface area contributed by atoms with E-state index in [9.17, 15) is 9.59 Å². The van der Waals surface area contributed by atoms with Gasteiger partial charge in [-0.05, 0) is 72.6 Å². The molecule has 0 aliphatic heterocycles. The van der Waals surface area contributed by atoms with Crippen LogP contribution in [-0.4, -0.2) is 41.9 Å². The zero-order valence-electron chi connectivity index (χ0n) is 22.3. The largest absolute Gasteiger partial charge is 0.444 e. The Balaban J connectivity index is 4.51. The predicted octanol–water partition coefficient (Wildman–Crippen LogP) is 5.69. The highest BCUT2D eigenvalue weighted by Gasteiger charge is 2.34. The summed E-state index contributed by atoms with van der Waals surface area (Å²) in [6, 6.07) is 0. The Morgan fingerprint density at radius 2 is 1.45 bits per heavy atom. The second-order valence-electron chi connectivity index (χ2n) is 12.1. The zero-order chi connectivity index (χ0) is 24.7. The van der Waals surface area contributed by atoms with Gasteiger partial charge in [0.15, 0.2) is 0 Å². The Kier molecular flexibility index (Phi) is 11.0. The van der Waals surface area contributed by atoms with Crippen LogP contribution in [0.4, 0.5) is 4.79 Å². The Morgan fingerprint density at radius 3 is 1.90 bits per heavy atom. The summed E-state index contributed by atoms with van der Waals surface area (Å²) in [6.07, 6.45) is 1.94. The van der Waals surface area contributed by atoms with E-state index < -0.39 is 11.7 Å². The quantitative estimate of drug-likeness (QED) is 0.431. The molecule has 184 valence electrons. The molecule has 0 bridgehead atoms. The number of carbonyl (C=O) groups excluding carboxylic acids is 2. The molecule has 0 saturated heterocycles. The summed E-state index contributed by atoms with van der Waals surface area (Å²) >= 11 is 0. The van der Waals surface area contributed by atoms with Crippen LogP contribution in [0.5, 0.6) is 0 Å². The van der Waals surface area contributed by atoms with Crippen LogP contribution in [0.25, 0.3) is 0 Å².